The van der Waals surface area contributed by atoms with Gasteiger partial charge in [-0.1, -0.05) is 0 Å². The van der Waals surface area contributed by atoms with Crippen molar-refractivity contribution in [1.29, 1.82) is 0 Å². The van der Waals surface area contributed by atoms with Crippen LogP contribution in [0.25, 0.3) is 0 Å². The first kappa shape index (κ1) is 18.1. The Bertz CT molecular complexity index is 8.00. The monoisotopic (exact) mass is 165 g/mol. The fraction of sp³-hybridized carbons (Fsp3) is 0. The Hall–Kier alpha value is 1.43. The molecule has 0 saturated heterocycles. The van der Waals surface area contributed by atoms with Crippen molar-refractivity contribution in [2.75, 3.05) is 0 Å². The van der Waals surface area contributed by atoms with Crippen molar-refractivity contribution in [1.82, 2.24) is 0 Å². The molecule has 0 heterocycles. The molecule has 0 atom stereocenters. The van der Waals surface area contributed by atoms with Gasteiger partial charge in [-0.3, -0.25) is 0 Å². The normalized spacial score (nSPS) is 1.50. The van der Waals surface area contributed by atoms with Crippen LogP contribution in [0.5, 0.6) is 0 Å². The maximum atomic E-state index is 8.06. The van der Waals surface area contributed by atoms with Crippen molar-refractivity contribution < 1.29 is 55.6 Å². The number of halogens is 1. The van der Waals surface area contributed by atoms with Crippen LogP contribution in [0.2, 0.25) is 0 Å². The predicted octanol–water partition coefficient (Wildman–Crippen LogP) is -6.11. The van der Waals surface area contributed by atoms with Gasteiger partial charge in [0.15, 0.2) is 0 Å². The summed E-state index contributed by atoms with van der Waals surface area (Å²) in [6.45, 7) is 0. The first-order valence-corrected chi connectivity index (χ1v) is 0.728. The van der Waals surface area contributed by atoms with Crippen molar-refractivity contribution in [2.45, 2.75) is 0 Å². The Morgan fingerprint density at radius 1 is 1.25 bits per heavy atom. The van der Waals surface area contributed by atoms with Gasteiger partial charge in [0, 0.05) is 0 Å². The Kier molecular flexibility index (Phi) is 115. The van der Waals surface area contributed by atoms with Crippen LogP contribution in [0, 0.1) is 0 Å². The molecule has 1 nitrogen and oxygen atoms in total. The molecule has 0 saturated carbocycles. The summed E-state index contributed by atoms with van der Waals surface area (Å²) in [5.41, 5.74) is 0. The van der Waals surface area contributed by atoms with Gasteiger partial charge in [0.1, 0.15) is 0 Å². The molecule has 0 aromatic rings. The van der Waals surface area contributed by atoms with E-state index in [2.05, 4.69) is 0 Å². The molecule has 0 bridgehead atoms. The van der Waals surface area contributed by atoms with Gasteiger partial charge < -0.3 is 12.4 Å². The zero-order valence-electron chi connectivity index (χ0n) is 2.09. The van der Waals surface area contributed by atoms with Gasteiger partial charge in [0.05, 0.1) is 0 Å². The third-order valence-corrected chi connectivity index (χ3v) is 0. The van der Waals surface area contributed by atoms with Gasteiger partial charge >= 0.3 is 43.2 Å². The van der Waals surface area contributed by atoms with Gasteiger partial charge in [0.2, 0.25) is 0 Å². The second-order valence-electron chi connectivity index (χ2n) is 0. The van der Waals surface area contributed by atoms with Gasteiger partial charge in [-0.2, -0.15) is 0 Å². The molecule has 0 unspecified atom stereocenters. The van der Waals surface area contributed by atoms with Crippen LogP contribution in [0.3, 0.4) is 0 Å². The van der Waals surface area contributed by atoms with Crippen molar-refractivity contribution in [3.8, 4) is 0 Å². The molecule has 0 aliphatic rings. The Morgan fingerprint density at radius 3 is 1.25 bits per heavy atom. The van der Waals surface area contributed by atoms with E-state index in [0.29, 0.717) is 0 Å². The molecule has 0 spiro atoms. The van der Waals surface area contributed by atoms with E-state index in [-0.39, 0.29) is 31.3 Å². The zero-order chi connectivity index (χ0) is 2.00. The number of hydrogen-bond donors (Lipinski definition) is 0. The molecule has 0 fully saturated rings. The van der Waals surface area contributed by atoms with E-state index in [1.807, 2.05) is 0 Å². The molecule has 25 valence electrons. The third kappa shape index (κ3) is 9.91. The van der Waals surface area contributed by atoms with E-state index in [4.69, 9.17) is 3.25 Å². The van der Waals surface area contributed by atoms with Crippen LogP contribution in [0.4, 0.5) is 0 Å². The van der Waals surface area contributed by atoms with Crippen molar-refractivity contribution in [3.63, 3.8) is 0 Å². The molecule has 0 aliphatic carbocycles. The summed E-state index contributed by atoms with van der Waals surface area (Å²) in [5, 5.41) is 0. The maximum absolute atomic E-state index is 8.06. The van der Waals surface area contributed by atoms with E-state index in [1.165, 1.54) is 0 Å². The third-order valence-electron chi connectivity index (χ3n) is 0. The summed E-state index contributed by atoms with van der Waals surface area (Å²) in [4.78, 5) is 0. The zero-order valence-corrected chi connectivity index (χ0v) is 4.33. The second kappa shape index (κ2) is 25.5. The van der Waals surface area contributed by atoms with E-state index in [1.54, 1.807) is 21.0 Å². The standard InChI is InChI=1S/Ag.ClH.Li.O/h;1H;;/q;;+1;/p-1. The molecule has 0 radical (unpaired) electrons. The molecule has 0 aliphatic heterocycles. The fourth-order valence-electron chi connectivity index (χ4n) is 0. The summed E-state index contributed by atoms with van der Waals surface area (Å²) in [6.07, 6.45) is 0. The molecule has 0 amide bonds. The first-order chi connectivity index (χ1) is 1.00. The Morgan fingerprint density at radius 2 is 1.25 bits per heavy atom. The van der Waals surface area contributed by atoms with E-state index >= 15 is 0 Å². The summed E-state index contributed by atoms with van der Waals surface area (Å²) in [5.74, 6) is 0. The molecule has 0 rings (SSSR count). The summed E-state index contributed by atoms with van der Waals surface area (Å²) >= 11 is 1.70. The molecule has 0 N–H and O–H groups in total. The van der Waals surface area contributed by atoms with Gasteiger partial charge in [-0.25, -0.2) is 0 Å². The molecule has 0 aromatic heterocycles. The quantitative estimate of drug-likeness (QED) is 0.327. The molecule has 4 heteroatoms. The Labute approximate surface area is 55.4 Å². The Balaban J connectivity index is -0.00000000500. The summed E-state index contributed by atoms with van der Waals surface area (Å²) in [7, 11) is 0. The van der Waals surface area contributed by atoms with Crippen LogP contribution in [-0.4, -0.2) is 0 Å². The minimum absolute atomic E-state index is 0. The van der Waals surface area contributed by atoms with Crippen LogP contribution in [0.1, 0.15) is 0 Å². The molecular weight excluding hydrogens is 166 g/mol. The summed E-state index contributed by atoms with van der Waals surface area (Å²) in [6, 6.07) is 0. The predicted molar refractivity (Wildman–Crippen MR) is 0.686 cm³/mol. The van der Waals surface area contributed by atoms with Crippen LogP contribution >= 0.6 is 0 Å². The average Bonchev–Trinajstić information content (AvgIpc) is 1.00. The van der Waals surface area contributed by atoms with Crippen molar-refractivity contribution in [3.05, 3.63) is 0 Å². The van der Waals surface area contributed by atoms with E-state index in [0.717, 1.165) is 0 Å². The summed E-state index contributed by atoms with van der Waals surface area (Å²) < 4.78 is 8.06. The molecule has 0 aromatic carbocycles. The van der Waals surface area contributed by atoms with Crippen molar-refractivity contribution in [2.24, 2.45) is 0 Å². The van der Waals surface area contributed by atoms with E-state index < -0.39 is 0 Å². The first-order valence-electron chi connectivity index (χ1n) is 0.123. The van der Waals surface area contributed by atoms with Gasteiger partial charge in [0.25, 0.3) is 0 Å². The van der Waals surface area contributed by atoms with Gasteiger partial charge in [-0.15, -0.1) is 0 Å². The average molecular weight is 166 g/mol. The fourth-order valence-corrected chi connectivity index (χ4v) is 0. The van der Waals surface area contributed by atoms with Gasteiger partial charge in [-0.05, 0) is 0 Å². The van der Waals surface area contributed by atoms with Crippen LogP contribution in [-0.2, 0) is 24.3 Å². The van der Waals surface area contributed by atoms with Crippen LogP contribution in [0.15, 0.2) is 0 Å². The number of hydrogen-bond acceptors (Lipinski definition) is 1. The molecular formula is AgClLiO. The SMILES string of the molecule is [Cl-].[Li+].[O]=[Ag]. The topological polar surface area (TPSA) is 17.1 Å². The molecule has 4 heavy (non-hydrogen) atoms. The van der Waals surface area contributed by atoms with E-state index in [9.17, 15) is 0 Å². The van der Waals surface area contributed by atoms with Crippen molar-refractivity contribution >= 4 is 0 Å². The minimum atomic E-state index is 0. The van der Waals surface area contributed by atoms with Crippen LogP contribution < -0.4 is 31.3 Å². The number of rotatable bonds is 0. The second-order valence-corrected chi connectivity index (χ2v) is 0.